The SMILES string of the molecule is Cc1cc(F)c(Nc2c(-c3ccc(C#N)cc3Cl)c(C)nn2C)c([N+](=O)[O-])c1. The number of aryl methyl sites for hydroxylation is 3. The van der Waals surface area contributed by atoms with Crippen molar-refractivity contribution in [2.75, 3.05) is 5.32 Å². The van der Waals surface area contributed by atoms with Crippen molar-refractivity contribution in [3.63, 3.8) is 0 Å². The maximum absolute atomic E-state index is 14.5. The summed E-state index contributed by atoms with van der Waals surface area (Å²) in [6, 6.07) is 9.30. The van der Waals surface area contributed by atoms with Gasteiger partial charge in [-0.15, -0.1) is 0 Å². The second kappa shape index (κ2) is 7.29. The van der Waals surface area contributed by atoms with E-state index in [0.717, 1.165) is 0 Å². The van der Waals surface area contributed by atoms with Crippen LogP contribution in [0.2, 0.25) is 5.02 Å². The minimum atomic E-state index is -0.748. The van der Waals surface area contributed by atoms with Crippen molar-refractivity contribution in [2.45, 2.75) is 13.8 Å². The molecule has 0 aliphatic heterocycles. The molecule has 0 bridgehead atoms. The Hall–Kier alpha value is -3.44. The Kier molecular flexibility index (Phi) is 5.03. The summed E-state index contributed by atoms with van der Waals surface area (Å²) in [5.41, 5.74) is 1.91. The zero-order valence-electron chi connectivity index (χ0n) is 15.2. The molecule has 28 heavy (non-hydrogen) atoms. The number of anilines is 2. The van der Waals surface area contributed by atoms with Gasteiger partial charge in [0.25, 0.3) is 5.69 Å². The molecule has 0 amide bonds. The van der Waals surface area contributed by atoms with Gasteiger partial charge in [-0.3, -0.25) is 14.8 Å². The van der Waals surface area contributed by atoms with Crippen LogP contribution >= 0.6 is 11.6 Å². The first-order valence-corrected chi connectivity index (χ1v) is 8.56. The number of halogens is 2. The highest BCUT2D eigenvalue weighted by Crippen LogP contribution is 2.39. The second-order valence-corrected chi connectivity index (χ2v) is 6.67. The molecule has 9 heteroatoms. The number of nitro groups is 1. The lowest BCUT2D eigenvalue weighted by atomic mass is 10.0. The van der Waals surface area contributed by atoms with Crippen LogP contribution < -0.4 is 5.32 Å². The fourth-order valence-corrected chi connectivity index (χ4v) is 3.30. The molecule has 0 saturated heterocycles. The van der Waals surface area contributed by atoms with Crippen molar-refractivity contribution < 1.29 is 9.31 Å². The number of nitrogens with zero attached hydrogens (tertiary/aromatic N) is 4. The summed E-state index contributed by atoms with van der Waals surface area (Å²) in [6.07, 6.45) is 0. The van der Waals surface area contributed by atoms with Crippen molar-refractivity contribution in [3.05, 3.63) is 68.1 Å². The Morgan fingerprint density at radius 1 is 1.32 bits per heavy atom. The molecule has 0 atom stereocenters. The Labute approximate surface area is 165 Å². The van der Waals surface area contributed by atoms with Gasteiger partial charge in [0, 0.05) is 29.3 Å². The summed E-state index contributed by atoms with van der Waals surface area (Å²) in [7, 11) is 1.63. The first-order chi connectivity index (χ1) is 13.2. The first-order valence-electron chi connectivity index (χ1n) is 8.18. The molecule has 3 rings (SSSR count). The molecule has 7 nitrogen and oxygen atoms in total. The lowest BCUT2D eigenvalue weighted by Gasteiger charge is -2.13. The molecule has 0 aliphatic rings. The van der Waals surface area contributed by atoms with Gasteiger partial charge >= 0.3 is 0 Å². The van der Waals surface area contributed by atoms with Crippen LogP contribution in [0, 0.1) is 41.1 Å². The molecule has 0 spiro atoms. The summed E-state index contributed by atoms with van der Waals surface area (Å²) in [4.78, 5) is 10.8. The number of nitro benzene ring substituents is 1. The molecule has 142 valence electrons. The van der Waals surface area contributed by atoms with Crippen LogP contribution in [0.15, 0.2) is 30.3 Å². The van der Waals surface area contributed by atoms with E-state index >= 15 is 0 Å². The molecule has 1 N–H and O–H groups in total. The molecule has 0 radical (unpaired) electrons. The number of nitrogens with one attached hydrogen (secondary N) is 1. The van der Waals surface area contributed by atoms with Crippen LogP contribution in [0.25, 0.3) is 11.1 Å². The van der Waals surface area contributed by atoms with Crippen LogP contribution in [0.1, 0.15) is 16.8 Å². The largest absolute Gasteiger partial charge is 0.332 e. The van der Waals surface area contributed by atoms with Gasteiger partial charge in [0.1, 0.15) is 5.82 Å². The molecule has 3 aromatic rings. The van der Waals surface area contributed by atoms with Crippen LogP contribution in [-0.2, 0) is 7.05 Å². The molecule has 1 heterocycles. The summed E-state index contributed by atoms with van der Waals surface area (Å²) in [5, 5.41) is 27.9. The summed E-state index contributed by atoms with van der Waals surface area (Å²) < 4.78 is 16.0. The highest BCUT2D eigenvalue weighted by Gasteiger charge is 2.24. The van der Waals surface area contributed by atoms with Crippen LogP contribution in [0.4, 0.5) is 21.6 Å². The minimum Gasteiger partial charge on any atom is -0.332 e. The summed E-state index contributed by atoms with van der Waals surface area (Å²) in [5.74, 6) is -0.405. The standard InChI is InChI=1S/C19H15ClFN5O2/c1-10-6-15(21)18(16(7-10)26(27)28)23-19-17(11(2)24-25(19)3)13-5-4-12(9-22)8-14(13)20/h4-8,23H,1-3H3. The normalized spacial score (nSPS) is 10.6. The van der Waals surface area contributed by atoms with E-state index in [1.807, 2.05) is 6.07 Å². The maximum atomic E-state index is 14.5. The van der Waals surface area contributed by atoms with Gasteiger partial charge in [-0.05, 0) is 37.6 Å². The van der Waals surface area contributed by atoms with E-state index < -0.39 is 10.7 Å². The average molecular weight is 400 g/mol. The Bertz CT molecular complexity index is 1150. The topological polar surface area (TPSA) is 96.8 Å². The number of hydrogen-bond acceptors (Lipinski definition) is 5. The fourth-order valence-electron chi connectivity index (χ4n) is 3.02. The lowest BCUT2D eigenvalue weighted by molar-refractivity contribution is -0.384. The minimum absolute atomic E-state index is 0.260. The quantitative estimate of drug-likeness (QED) is 0.490. The van der Waals surface area contributed by atoms with Gasteiger partial charge in [-0.1, -0.05) is 17.7 Å². The molecule has 0 saturated carbocycles. The van der Waals surface area contributed by atoms with Crippen molar-refractivity contribution >= 4 is 28.8 Å². The third-order valence-corrected chi connectivity index (χ3v) is 4.56. The predicted octanol–water partition coefficient (Wildman–Crippen LogP) is 5.02. The number of nitriles is 1. The molecular weight excluding hydrogens is 385 g/mol. The van der Waals surface area contributed by atoms with Gasteiger partial charge in [-0.25, -0.2) is 4.39 Å². The van der Waals surface area contributed by atoms with E-state index in [2.05, 4.69) is 10.4 Å². The maximum Gasteiger partial charge on any atom is 0.296 e. The molecule has 1 aromatic heterocycles. The highest BCUT2D eigenvalue weighted by molar-refractivity contribution is 6.33. The third kappa shape index (κ3) is 3.40. The van der Waals surface area contributed by atoms with Crippen LogP contribution in [-0.4, -0.2) is 14.7 Å². The fraction of sp³-hybridized carbons (Fsp3) is 0.158. The van der Waals surface area contributed by atoms with Crippen molar-refractivity contribution in [3.8, 4) is 17.2 Å². The Morgan fingerprint density at radius 3 is 2.64 bits per heavy atom. The monoisotopic (exact) mass is 399 g/mol. The van der Waals surface area contributed by atoms with E-state index in [1.54, 1.807) is 33.0 Å². The van der Waals surface area contributed by atoms with E-state index in [-0.39, 0.29) is 11.4 Å². The predicted molar refractivity (Wildman–Crippen MR) is 104 cm³/mol. The molecule has 0 fully saturated rings. The molecule has 0 aliphatic carbocycles. The molecule has 0 unspecified atom stereocenters. The van der Waals surface area contributed by atoms with E-state index in [1.165, 1.54) is 22.9 Å². The molecule has 2 aromatic carbocycles. The smallest absolute Gasteiger partial charge is 0.296 e. The molecular formula is C19H15ClFN5O2. The number of hydrogen-bond donors (Lipinski definition) is 1. The van der Waals surface area contributed by atoms with Gasteiger partial charge in [0.2, 0.25) is 0 Å². The van der Waals surface area contributed by atoms with Crippen molar-refractivity contribution in [1.29, 1.82) is 5.26 Å². The van der Waals surface area contributed by atoms with Gasteiger partial charge in [0.15, 0.2) is 11.5 Å². The van der Waals surface area contributed by atoms with Gasteiger partial charge in [-0.2, -0.15) is 10.4 Å². The summed E-state index contributed by atoms with van der Waals surface area (Å²) in [6.45, 7) is 3.32. The van der Waals surface area contributed by atoms with Crippen LogP contribution in [0.5, 0.6) is 0 Å². The van der Waals surface area contributed by atoms with Crippen molar-refractivity contribution in [1.82, 2.24) is 9.78 Å². The Morgan fingerprint density at radius 2 is 2.04 bits per heavy atom. The lowest BCUT2D eigenvalue weighted by Crippen LogP contribution is -2.05. The van der Waals surface area contributed by atoms with Gasteiger partial charge in [0.05, 0.1) is 22.2 Å². The number of rotatable bonds is 4. The second-order valence-electron chi connectivity index (χ2n) is 6.26. The van der Waals surface area contributed by atoms with Crippen LogP contribution in [0.3, 0.4) is 0 Å². The van der Waals surface area contributed by atoms with Crippen molar-refractivity contribution in [2.24, 2.45) is 7.05 Å². The van der Waals surface area contributed by atoms with Gasteiger partial charge < -0.3 is 5.32 Å². The zero-order valence-corrected chi connectivity index (χ0v) is 16.0. The Balaban J connectivity index is 2.19. The third-order valence-electron chi connectivity index (χ3n) is 4.24. The number of benzene rings is 2. The van der Waals surface area contributed by atoms with E-state index in [0.29, 0.717) is 38.8 Å². The first kappa shape index (κ1) is 19.3. The summed E-state index contributed by atoms with van der Waals surface area (Å²) >= 11 is 6.33. The number of aromatic nitrogens is 2. The van der Waals surface area contributed by atoms with E-state index in [9.17, 15) is 14.5 Å². The van der Waals surface area contributed by atoms with E-state index in [4.69, 9.17) is 16.9 Å². The zero-order chi connectivity index (χ0) is 20.6. The highest BCUT2D eigenvalue weighted by atomic mass is 35.5. The average Bonchev–Trinajstić information content (AvgIpc) is 2.90.